The Morgan fingerprint density at radius 1 is 1.00 bits per heavy atom. The molecule has 0 spiro atoms. The van der Waals surface area contributed by atoms with Gasteiger partial charge in [-0.05, 0) is 39.0 Å². The van der Waals surface area contributed by atoms with Gasteiger partial charge in [0.05, 0.1) is 0 Å². The lowest BCUT2D eigenvalue weighted by molar-refractivity contribution is 0.404. The van der Waals surface area contributed by atoms with Crippen molar-refractivity contribution >= 4 is 0 Å². The van der Waals surface area contributed by atoms with Gasteiger partial charge in [-0.3, -0.25) is 0 Å². The van der Waals surface area contributed by atoms with Crippen LogP contribution in [0.4, 0.5) is 4.39 Å². The zero-order chi connectivity index (χ0) is 14.6. The molecule has 3 heteroatoms. The highest BCUT2D eigenvalue weighted by Crippen LogP contribution is 2.28. The van der Waals surface area contributed by atoms with Crippen LogP contribution in [0.5, 0.6) is 11.5 Å². The molecule has 2 aromatic carbocycles. The van der Waals surface area contributed by atoms with Crippen molar-refractivity contribution in [2.24, 2.45) is 0 Å². The predicted molar refractivity (Wildman–Crippen MR) is 79.5 cm³/mol. The van der Waals surface area contributed by atoms with E-state index in [1.807, 2.05) is 36.4 Å². The third kappa shape index (κ3) is 4.07. The standard InChI is InChI=1S/C17H20FNO/c1-17(2,3)19-12-13-8-7-11-15(18)16(13)20-14-9-5-4-6-10-14/h4-11,19H,12H2,1-3H3. The van der Waals surface area contributed by atoms with Crippen LogP contribution in [0.15, 0.2) is 48.5 Å². The van der Waals surface area contributed by atoms with E-state index in [2.05, 4.69) is 26.1 Å². The van der Waals surface area contributed by atoms with E-state index in [0.29, 0.717) is 12.3 Å². The van der Waals surface area contributed by atoms with Gasteiger partial charge in [-0.25, -0.2) is 4.39 Å². The number of rotatable bonds is 4. The Morgan fingerprint density at radius 3 is 2.35 bits per heavy atom. The average molecular weight is 273 g/mol. The summed E-state index contributed by atoms with van der Waals surface area (Å²) >= 11 is 0. The molecule has 106 valence electrons. The summed E-state index contributed by atoms with van der Waals surface area (Å²) < 4.78 is 19.7. The van der Waals surface area contributed by atoms with E-state index >= 15 is 0 Å². The van der Waals surface area contributed by atoms with Gasteiger partial charge >= 0.3 is 0 Å². The van der Waals surface area contributed by atoms with Gasteiger partial charge in [-0.1, -0.05) is 30.3 Å². The monoisotopic (exact) mass is 273 g/mol. The van der Waals surface area contributed by atoms with Gasteiger partial charge in [0.2, 0.25) is 0 Å². The van der Waals surface area contributed by atoms with Crippen LogP contribution < -0.4 is 10.1 Å². The third-order valence-electron chi connectivity index (χ3n) is 2.82. The summed E-state index contributed by atoms with van der Waals surface area (Å²) in [5.41, 5.74) is 0.778. The first-order chi connectivity index (χ1) is 9.46. The molecule has 2 aromatic rings. The Balaban J connectivity index is 2.22. The maximum atomic E-state index is 14.0. The summed E-state index contributed by atoms with van der Waals surface area (Å²) in [5.74, 6) is 0.576. The molecule has 1 N–H and O–H groups in total. The van der Waals surface area contributed by atoms with Gasteiger partial charge in [0, 0.05) is 17.6 Å². The summed E-state index contributed by atoms with van der Waals surface area (Å²) in [7, 11) is 0. The highest BCUT2D eigenvalue weighted by molar-refractivity contribution is 5.39. The largest absolute Gasteiger partial charge is 0.454 e. The second kappa shape index (κ2) is 6.06. The molecule has 0 unspecified atom stereocenters. The lowest BCUT2D eigenvalue weighted by Gasteiger charge is -2.21. The first kappa shape index (κ1) is 14.5. The summed E-state index contributed by atoms with van der Waals surface area (Å²) in [6.45, 7) is 6.78. The van der Waals surface area contributed by atoms with Crippen LogP contribution in [0.1, 0.15) is 26.3 Å². The van der Waals surface area contributed by atoms with E-state index in [-0.39, 0.29) is 17.1 Å². The second-order valence-electron chi connectivity index (χ2n) is 5.75. The zero-order valence-electron chi connectivity index (χ0n) is 12.1. The molecule has 0 saturated heterocycles. The van der Waals surface area contributed by atoms with Crippen molar-refractivity contribution in [2.75, 3.05) is 0 Å². The molecule has 0 aliphatic carbocycles. The molecular formula is C17H20FNO. The molecule has 2 rings (SSSR count). The molecule has 0 fully saturated rings. The number of nitrogens with one attached hydrogen (secondary N) is 1. The fourth-order valence-electron chi connectivity index (χ4n) is 1.77. The van der Waals surface area contributed by atoms with E-state index in [0.717, 1.165) is 5.56 Å². The van der Waals surface area contributed by atoms with Gasteiger partial charge in [0.25, 0.3) is 0 Å². The van der Waals surface area contributed by atoms with E-state index < -0.39 is 0 Å². The Bertz CT molecular complexity index is 561. The lowest BCUT2D eigenvalue weighted by Crippen LogP contribution is -2.35. The Hall–Kier alpha value is -1.87. The molecular weight excluding hydrogens is 253 g/mol. The lowest BCUT2D eigenvalue weighted by atomic mass is 10.1. The summed E-state index contributed by atoms with van der Waals surface area (Å²) in [5, 5.41) is 3.34. The number of benzene rings is 2. The van der Waals surface area contributed by atoms with Crippen molar-refractivity contribution in [1.29, 1.82) is 0 Å². The topological polar surface area (TPSA) is 21.3 Å². The predicted octanol–water partition coefficient (Wildman–Crippen LogP) is 4.51. The summed E-state index contributed by atoms with van der Waals surface area (Å²) in [4.78, 5) is 0. The Labute approximate surface area is 119 Å². The van der Waals surface area contributed by atoms with Gasteiger partial charge in [0.15, 0.2) is 11.6 Å². The fraction of sp³-hybridized carbons (Fsp3) is 0.294. The second-order valence-corrected chi connectivity index (χ2v) is 5.75. The van der Waals surface area contributed by atoms with Crippen LogP contribution >= 0.6 is 0 Å². The van der Waals surface area contributed by atoms with Gasteiger partial charge in [0.1, 0.15) is 5.75 Å². The number of halogens is 1. The van der Waals surface area contributed by atoms with Crippen molar-refractivity contribution in [1.82, 2.24) is 5.32 Å². The molecule has 0 heterocycles. The smallest absolute Gasteiger partial charge is 0.167 e. The van der Waals surface area contributed by atoms with Crippen LogP contribution in [0, 0.1) is 5.82 Å². The molecule has 0 saturated carbocycles. The summed E-state index contributed by atoms with van der Waals surface area (Å²) in [6, 6.07) is 14.2. The Morgan fingerprint density at radius 2 is 1.70 bits per heavy atom. The molecule has 0 aliphatic heterocycles. The first-order valence-electron chi connectivity index (χ1n) is 6.71. The van der Waals surface area contributed by atoms with Crippen molar-refractivity contribution in [3.8, 4) is 11.5 Å². The van der Waals surface area contributed by atoms with Gasteiger partial charge in [-0.15, -0.1) is 0 Å². The highest BCUT2D eigenvalue weighted by Gasteiger charge is 2.14. The highest BCUT2D eigenvalue weighted by atomic mass is 19.1. The normalized spacial score (nSPS) is 11.4. The van der Waals surface area contributed by atoms with Crippen molar-refractivity contribution < 1.29 is 9.13 Å². The molecule has 0 aliphatic rings. The average Bonchev–Trinajstić information content (AvgIpc) is 2.40. The number of hydrogen-bond donors (Lipinski definition) is 1. The molecule has 0 bridgehead atoms. The van der Waals surface area contributed by atoms with Crippen LogP contribution in [0.25, 0.3) is 0 Å². The first-order valence-corrected chi connectivity index (χ1v) is 6.71. The van der Waals surface area contributed by atoms with Crippen molar-refractivity contribution in [3.63, 3.8) is 0 Å². The van der Waals surface area contributed by atoms with E-state index in [1.54, 1.807) is 6.07 Å². The number of hydrogen-bond acceptors (Lipinski definition) is 2. The number of para-hydroxylation sites is 2. The molecule has 0 amide bonds. The number of ether oxygens (including phenoxy) is 1. The maximum absolute atomic E-state index is 14.0. The minimum atomic E-state index is -0.345. The van der Waals surface area contributed by atoms with Crippen LogP contribution in [-0.2, 0) is 6.54 Å². The van der Waals surface area contributed by atoms with E-state index in [1.165, 1.54) is 6.07 Å². The molecule has 0 radical (unpaired) electrons. The summed E-state index contributed by atoms with van der Waals surface area (Å²) in [6.07, 6.45) is 0. The van der Waals surface area contributed by atoms with Crippen molar-refractivity contribution in [2.45, 2.75) is 32.9 Å². The quantitative estimate of drug-likeness (QED) is 0.885. The van der Waals surface area contributed by atoms with Gasteiger partial charge in [-0.2, -0.15) is 0 Å². The van der Waals surface area contributed by atoms with E-state index in [9.17, 15) is 4.39 Å². The minimum Gasteiger partial charge on any atom is -0.454 e. The Kier molecular flexibility index (Phi) is 4.40. The van der Waals surface area contributed by atoms with Crippen molar-refractivity contribution in [3.05, 3.63) is 59.9 Å². The minimum absolute atomic E-state index is 0.0314. The third-order valence-corrected chi connectivity index (χ3v) is 2.82. The zero-order valence-corrected chi connectivity index (χ0v) is 12.1. The van der Waals surface area contributed by atoms with E-state index in [4.69, 9.17) is 4.74 Å². The fourth-order valence-corrected chi connectivity index (χ4v) is 1.77. The molecule has 0 aromatic heterocycles. The maximum Gasteiger partial charge on any atom is 0.167 e. The molecule has 20 heavy (non-hydrogen) atoms. The van der Waals surface area contributed by atoms with Crippen LogP contribution in [-0.4, -0.2) is 5.54 Å². The van der Waals surface area contributed by atoms with Crippen LogP contribution in [0.3, 0.4) is 0 Å². The van der Waals surface area contributed by atoms with Crippen LogP contribution in [0.2, 0.25) is 0 Å². The molecule has 2 nitrogen and oxygen atoms in total. The molecule has 0 atom stereocenters. The van der Waals surface area contributed by atoms with Gasteiger partial charge < -0.3 is 10.1 Å². The SMILES string of the molecule is CC(C)(C)NCc1cccc(F)c1Oc1ccccc1.